The fourth-order valence-corrected chi connectivity index (χ4v) is 1.88. The van der Waals surface area contributed by atoms with Gasteiger partial charge in [0.2, 0.25) is 5.88 Å². The number of nitrogens with one attached hydrogen (secondary N) is 1. The Bertz CT molecular complexity index is 627. The van der Waals surface area contributed by atoms with E-state index < -0.39 is 0 Å². The van der Waals surface area contributed by atoms with Gasteiger partial charge in [-0.15, -0.1) is 0 Å². The maximum atomic E-state index is 6.09. The zero-order valence-electron chi connectivity index (χ0n) is 12.2. The van der Waals surface area contributed by atoms with Crippen LogP contribution in [-0.2, 0) is 6.54 Å². The minimum absolute atomic E-state index is 0.00874. The molecule has 1 aromatic carbocycles. The van der Waals surface area contributed by atoms with Gasteiger partial charge in [-0.2, -0.15) is 0 Å². The normalized spacial score (nSPS) is 11.5. The maximum absolute atomic E-state index is 6.09. The third kappa shape index (κ3) is 4.84. The first kappa shape index (κ1) is 16.0. The molecule has 1 N–H and O–H groups in total. The van der Waals surface area contributed by atoms with Crippen molar-refractivity contribution < 1.29 is 4.74 Å². The van der Waals surface area contributed by atoms with Gasteiger partial charge in [0.1, 0.15) is 10.8 Å². The van der Waals surface area contributed by atoms with E-state index in [1.165, 1.54) is 6.20 Å². The van der Waals surface area contributed by atoms with Gasteiger partial charge in [-0.3, -0.25) is 4.98 Å². The Labute approximate surface area is 134 Å². The molecular formula is C15H17Cl2N3O. The van der Waals surface area contributed by atoms with E-state index in [1.54, 1.807) is 24.4 Å². The van der Waals surface area contributed by atoms with Gasteiger partial charge < -0.3 is 10.1 Å². The van der Waals surface area contributed by atoms with Crippen molar-refractivity contribution in [2.75, 3.05) is 0 Å². The third-order valence-electron chi connectivity index (χ3n) is 2.59. The highest BCUT2D eigenvalue weighted by Crippen LogP contribution is 2.33. The number of hydrogen-bond acceptors (Lipinski definition) is 4. The molecule has 1 heterocycles. The second-order valence-corrected chi connectivity index (χ2v) is 6.39. The van der Waals surface area contributed by atoms with Gasteiger partial charge in [0.25, 0.3) is 0 Å². The zero-order valence-corrected chi connectivity index (χ0v) is 13.7. The fourth-order valence-electron chi connectivity index (χ4n) is 1.55. The minimum Gasteiger partial charge on any atom is -0.436 e. The number of rotatable bonds is 4. The van der Waals surface area contributed by atoms with Crippen LogP contribution in [0, 0.1) is 0 Å². The summed E-state index contributed by atoms with van der Waals surface area (Å²) in [6.07, 6.45) is 3.24. The number of ether oxygens (including phenoxy) is 1. The lowest BCUT2D eigenvalue weighted by molar-refractivity contribution is 0.414. The van der Waals surface area contributed by atoms with Crippen molar-refractivity contribution in [3.8, 4) is 11.6 Å². The topological polar surface area (TPSA) is 47.0 Å². The van der Waals surface area contributed by atoms with Crippen molar-refractivity contribution >= 4 is 23.2 Å². The number of benzene rings is 1. The summed E-state index contributed by atoms with van der Waals surface area (Å²) in [6.45, 7) is 6.88. The van der Waals surface area contributed by atoms with E-state index in [-0.39, 0.29) is 5.54 Å². The van der Waals surface area contributed by atoms with Crippen LogP contribution in [0.5, 0.6) is 11.6 Å². The van der Waals surface area contributed by atoms with Crippen molar-refractivity contribution in [2.45, 2.75) is 32.9 Å². The number of nitrogens with zero attached hydrogens (tertiary/aromatic N) is 2. The molecule has 0 atom stereocenters. The van der Waals surface area contributed by atoms with E-state index in [1.807, 2.05) is 0 Å². The minimum atomic E-state index is 0.00874. The first-order chi connectivity index (χ1) is 9.85. The summed E-state index contributed by atoms with van der Waals surface area (Å²) in [5.41, 5.74) is 0.801. The van der Waals surface area contributed by atoms with Crippen LogP contribution in [0.1, 0.15) is 26.5 Å². The van der Waals surface area contributed by atoms with Gasteiger partial charge >= 0.3 is 0 Å². The Morgan fingerprint density at radius 2 is 1.95 bits per heavy atom. The Hall–Kier alpha value is -1.36. The summed E-state index contributed by atoms with van der Waals surface area (Å²) >= 11 is 12.0. The predicted octanol–water partition coefficient (Wildman–Crippen LogP) is 4.46. The van der Waals surface area contributed by atoms with Crippen molar-refractivity contribution in [1.82, 2.24) is 15.3 Å². The van der Waals surface area contributed by atoms with Crippen LogP contribution >= 0.6 is 23.2 Å². The van der Waals surface area contributed by atoms with Crippen LogP contribution < -0.4 is 10.1 Å². The number of halogens is 2. The van der Waals surface area contributed by atoms with E-state index in [2.05, 4.69) is 36.1 Å². The van der Waals surface area contributed by atoms with E-state index >= 15 is 0 Å². The molecule has 0 saturated carbocycles. The van der Waals surface area contributed by atoms with Crippen molar-refractivity contribution in [1.29, 1.82) is 0 Å². The van der Waals surface area contributed by atoms with Crippen LogP contribution in [0.25, 0.3) is 0 Å². The first-order valence-corrected chi connectivity index (χ1v) is 7.28. The van der Waals surface area contributed by atoms with Gasteiger partial charge in [-0.1, -0.05) is 29.3 Å². The average Bonchev–Trinajstić information content (AvgIpc) is 2.41. The molecule has 0 aliphatic rings. The molecule has 0 bridgehead atoms. The zero-order chi connectivity index (χ0) is 15.5. The van der Waals surface area contributed by atoms with Crippen LogP contribution in [0.3, 0.4) is 0 Å². The van der Waals surface area contributed by atoms with E-state index in [0.717, 1.165) is 5.69 Å². The molecule has 0 spiro atoms. The monoisotopic (exact) mass is 325 g/mol. The summed E-state index contributed by atoms with van der Waals surface area (Å²) in [7, 11) is 0. The lowest BCUT2D eigenvalue weighted by Gasteiger charge is -2.20. The number of aromatic nitrogens is 2. The van der Waals surface area contributed by atoms with Crippen LogP contribution in [0.2, 0.25) is 10.0 Å². The lowest BCUT2D eigenvalue weighted by Crippen LogP contribution is -2.35. The van der Waals surface area contributed by atoms with Crippen LogP contribution in [0.15, 0.2) is 30.6 Å². The van der Waals surface area contributed by atoms with Gasteiger partial charge in [-0.25, -0.2) is 4.98 Å². The second kappa shape index (κ2) is 6.60. The molecule has 0 aliphatic heterocycles. The summed E-state index contributed by atoms with van der Waals surface area (Å²) in [5.74, 6) is 0.840. The second-order valence-electron chi connectivity index (χ2n) is 5.61. The molecule has 6 heteroatoms. The highest BCUT2D eigenvalue weighted by Gasteiger charge is 2.11. The van der Waals surface area contributed by atoms with Gasteiger partial charge in [0.05, 0.1) is 16.9 Å². The molecular weight excluding hydrogens is 309 g/mol. The molecule has 4 nitrogen and oxygen atoms in total. The lowest BCUT2D eigenvalue weighted by atomic mass is 10.1. The van der Waals surface area contributed by atoms with Gasteiger partial charge in [0.15, 0.2) is 0 Å². The summed E-state index contributed by atoms with van der Waals surface area (Å²) in [6, 6.07) is 5.20. The average molecular weight is 326 g/mol. The molecule has 2 rings (SSSR count). The first-order valence-electron chi connectivity index (χ1n) is 6.53. The number of hydrogen-bond donors (Lipinski definition) is 1. The van der Waals surface area contributed by atoms with Gasteiger partial charge in [-0.05, 0) is 32.9 Å². The van der Waals surface area contributed by atoms with Crippen LogP contribution in [-0.4, -0.2) is 15.5 Å². The van der Waals surface area contributed by atoms with E-state index in [9.17, 15) is 0 Å². The fraction of sp³-hybridized carbons (Fsp3) is 0.333. The predicted molar refractivity (Wildman–Crippen MR) is 85.2 cm³/mol. The molecule has 0 aliphatic carbocycles. The third-order valence-corrected chi connectivity index (χ3v) is 3.39. The van der Waals surface area contributed by atoms with Crippen molar-refractivity contribution in [3.63, 3.8) is 0 Å². The highest BCUT2D eigenvalue weighted by atomic mass is 35.5. The molecule has 0 amide bonds. The Morgan fingerprint density at radius 3 is 2.67 bits per heavy atom. The highest BCUT2D eigenvalue weighted by molar-refractivity contribution is 6.42. The molecule has 21 heavy (non-hydrogen) atoms. The Balaban J connectivity index is 2.12. The summed E-state index contributed by atoms with van der Waals surface area (Å²) in [5, 5.41) is 4.14. The molecule has 0 radical (unpaired) electrons. The Kier molecular flexibility index (Phi) is 5.04. The molecule has 1 aromatic heterocycles. The molecule has 0 fully saturated rings. The quantitative estimate of drug-likeness (QED) is 0.901. The SMILES string of the molecule is CC(C)(C)NCc1cncc(Oc2cccc(Cl)c2Cl)n1. The molecule has 0 unspecified atom stereocenters. The summed E-state index contributed by atoms with van der Waals surface area (Å²) < 4.78 is 5.64. The largest absolute Gasteiger partial charge is 0.436 e. The van der Waals surface area contributed by atoms with E-state index in [4.69, 9.17) is 27.9 Å². The smallest absolute Gasteiger partial charge is 0.238 e. The molecule has 2 aromatic rings. The van der Waals surface area contributed by atoms with Crippen LogP contribution in [0.4, 0.5) is 0 Å². The van der Waals surface area contributed by atoms with Gasteiger partial charge in [0, 0.05) is 18.3 Å². The molecule has 0 saturated heterocycles. The molecule has 112 valence electrons. The maximum Gasteiger partial charge on any atom is 0.238 e. The van der Waals surface area contributed by atoms with Crippen molar-refractivity contribution in [3.05, 3.63) is 46.3 Å². The van der Waals surface area contributed by atoms with E-state index in [0.29, 0.717) is 28.2 Å². The summed E-state index contributed by atoms with van der Waals surface area (Å²) in [4.78, 5) is 8.52. The van der Waals surface area contributed by atoms with Crippen molar-refractivity contribution in [2.24, 2.45) is 0 Å². The Morgan fingerprint density at radius 1 is 1.19 bits per heavy atom. The standard InChI is InChI=1S/C15H17Cl2N3O/c1-15(2,3)19-8-10-7-18-9-13(20-10)21-12-6-4-5-11(16)14(12)17/h4-7,9,19H,8H2,1-3H3.